The van der Waals surface area contributed by atoms with Crippen molar-refractivity contribution in [3.8, 4) is 5.75 Å². The van der Waals surface area contributed by atoms with E-state index in [1.165, 1.54) is 0 Å². The molecule has 0 saturated heterocycles. The Balaban J connectivity index is 2.07. The normalized spacial score (nSPS) is 10.2. The second-order valence-electron chi connectivity index (χ2n) is 5.40. The summed E-state index contributed by atoms with van der Waals surface area (Å²) < 4.78 is 5.65. The number of primary amides is 1. The number of aryl methyl sites for hydroxylation is 2. The summed E-state index contributed by atoms with van der Waals surface area (Å²) in [6.45, 7) is 5.74. The molecule has 2 rings (SSSR count). The summed E-state index contributed by atoms with van der Waals surface area (Å²) >= 11 is 0. The van der Waals surface area contributed by atoms with Crippen LogP contribution in [0.15, 0.2) is 36.4 Å². The average molecular weight is 312 g/mol. The molecule has 0 aliphatic rings. The molecule has 23 heavy (non-hydrogen) atoms. The van der Waals surface area contributed by atoms with Gasteiger partial charge < -0.3 is 15.8 Å². The Hall–Kier alpha value is -2.82. The molecule has 0 aromatic heterocycles. The lowest BCUT2D eigenvalue weighted by Crippen LogP contribution is -2.23. The maximum atomic E-state index is 12.1. The van der Waals surface area contributed by atoms with Crippen LogP contribution in [-0.4, -0.2) is 18.4 Å². The fraction of sp³-hybridized carbons (Fsp3) is 0.222. The lowest BCUT2D eigenvalue weighted by atomic mass is 10.1. The minimum atomic E-state index is -0.591. The predicted octanol–water partition coefficient (Wildman–Crippen LogP) is 2.73. The van der Waals surface area contributed by atoms with Crippen LogP contribution in [0.3, 0.4) is 0 Å². The Labute approximate surface area is 135 Å². The molecular formula is C18H20N2O3. The fourth-order valence-corrected chi connectivity index (χ4v) is 2.28. The van der Waals surface area contributed by atoms with E-state index in [1.54, 1.807) is 24.3 Å². The molecule has 120 valence electrons. The second kappa shape index (κ2) is 6.96. The number of hydrogen-bond donors (Lipinski definition) is 2. The molecule has 0 heterocycles. The zero-order valence-electron chi connectivity index (χ0n) is 13.5. The lowest BCUT2D eigenvalue weighted by Gasteiger charge is -2.14. The maximum absolute atomic E-state index is 12.1. The number of anilines is 1. The second-order valence-corrected chi connectivity index (χ2v) is 5.40. The van der Waals surface area contributed by atoms with Crippen molar-refractivity contribution in [2.45, 2.75) is 20.8 Å². The Morgan fingerprint density at radius 2 is 1.70 bits per heavy atom. The van der Waals surface area contributed by atoms with Gasteiger partial charge in [0, 0.05) is 0 Å². The molecule has 0 atom stereocenters. The summed E-state index contributed by atoms with van der Waals surface area (Å²) in [6, 6.07) is 10.6. The van der Waals surface area contributed by atoms with Crippen molar-refractivity contribution < 1.29 is 14.3 Å². The molecule has 2 amide bonds. The topological polar surface area (TPSA) is 81.4 Å². The third-order valence-corrected chi connectivity index (χ3v) is 3.69. The highest BCUT2D eigenvalue weighted by Crippen LogP contribution is 2.25. The summed E-state index contributed by atoms with van der Waals surface area (Å²) in [6.07, 6.45) is 0. The standard InChI is InChI=1S/C18H20N2O3/c1-11-8-9-12(2)17(13(11)3)23-10-16(21)20-15-7-5-4-6-14(15)18(19)22/h4-9H,10H2,1-3H3,(H2,19,22)(H,20,21). The molecule has 0 spiro atoms. The lowest BCUT2D eigenvalue weighted by molar-refractivity contribution is -0.118. The number of hydrogen-bond acceptors (Lipinski definition) is 3. The minimum absolute atomic E-state index is 0.141. The highest BCUT2D eigenvalue weighted by Gasteiger charge is 2.12. The van der Waals surface area contributed by atoms with E-state index in [9.17, 15) is 9.59 Å². The molecule has 0 saturated carbocycles. The Kier molecular flexibility index (Phi) is 5.01. The molecule has 5 nitrogen and oxygen atoms in total. The molecule has 0 unspecified atom stereocenters. The van der Waals surface area contributed by atoms with Crippen molar-refractivity contribution in [2.75, 3.05) is 11.9 Å². The highest BCUT2D eigenvalue weighted by atomic mass is 16.5. The summed E-state index contributed by atoms with van der Waals surface area (Å²) in [7, 11) is 0. The average Bonchev–Trinajstić information content (AvgIpc) is 2.51. The van der Waals surface area contributed by atoms with E-state index in [0.717, 1.165) is 16.7 Å². The van der Waals surface area contributed by atoms with Gasteiger partial charge in [-0.2, -0.15) is 0 Å². The first kappa shape index (κ1) is 16.5. The molecule has 5 heteroatoms. The predicted molar refractivity (Wildman–Crippen MR) is 89.7 cm³/mol. The van der Waals surface area contributed by atoms with Gasteiger partial charge in [-0.25, -0.2) is 0 Å². The van der Waals surface area contributed by atoms with E-state index in [-0.39, 0.29) is 18.1 Å². The van der Waals surface area contributed by atoms with Crippen molar-refractivity contribution >= 4 is 17.5 Å². The molecule has 0 fully saturated rings. The highest BCUT2D eigenvalue weighted by molar-refractivity contribution is 6.03. The molecule has 0 aliphatic carbocycles. The SMILES string of the molecule is Cc1ccc(C)c(OCC(=O)Nc2ccccc2C(N)=O)c1C. The molecule has 0 bridgehead atoms. The molecular weight excluding hydrogens is 292 g/mol. The number of nitrogens with two attached hydrogens (primary N) is 1. The quantitative estimate of drug-likeness (QED) is 0.890. The van der Waals surface area contributed by atoms with Gasteiger partial charge in [0.25, 0.3) is 11.8 Å². The third-order valence-electron chi connectivity index (χ3n) is 3.69. The van der Waals surface area contributed by atoms with Crippen molar-refractivity contribution in [2.24, 2.45) is 5.73 Å². The van der Waals surface area contributed by atoms with Gasteiger partial charge in [-0.15, -0.1) is 0 Å². The van der Waals surface area contributed by atoms with E-state index >= 15 is 0 Å². The number of carbonyl (C=O) groups is 2. The summed E-state index contributed by atoms with van der Waals surface area (Å²) in [5.74, 6) is -0.227. The number of ether oxygens (including phenoxy) is 1. The largest absolute Gasteiger partial charge is 0.483 e. The number of amides is 2. The van der Waals surface area contributed by atoms with Crippen LogP contribution in [-0.2, 0) is 4.79 Å². The third kappa shape index (κ3) is 3.88. The van der Waals surface area contributed by atoms with Gasteiger partial charge in [-0.3, -0.25) is 9.59 Å². The van der Waals surface area contributed by atoms with Crippen LogP contribution < -0.4 is 15.8 Å². The van der Waals surface area contributed by atoms with Gasteiger partial charge in [-0.1, -0.05) is 24.3 Å². The number of para-hydroxylation sites is 1. The van der Waals surface area contributed by atoms with E-state index < -0.39 is 5.91 Å². The van der Waals surface area contributed by atoms with Crippen LogP contribution in [0, 0.1) is 20.8 Å². The maximum Gasteiger partial charge on any atom is 0.262 e. The number of carbonyl (C=O) groups excluding carboxylic acids is 2. The van der Waals surface area contributed by atoms with Crippen LogP contribution in [0.25, 0.3) is 0 Å². The Bertz CT molecular complexity index is 754. The minimum Gasteiger partial charge on any atom is -0.483 e. The van der Waals surface area contributed by atoms with E-state index in [1.807, 2.05) is 32.9 Å². The van der Waals surface area contributed by atoms with Crippen molar-refractivity contribution in [1.82, 2.24) is 0 Å². The van der Waals surface area contributed by atoms with Crippen LogP contribution in [0.4, 0.5) is 5.69 Å². The first-order valence-electron chi connectivity index (χ1n) is 7.28. The van der Waals surface area contributed by atoms with Crippen molar-refractivity contribution in [1.29, 1.82) is 0 Å². The summed E-state index contributed by atoms with van der Waals surface area (Å²) in [5.41, 5.74) is 9.02. The zero-order valence-corrected chi connectivity index (χ0v) is 13.5. The Morgan fingerprint density at radius 3 is 2.39 bits per heavy atom. The molecule has 0 radical (unpaired) electrons. The van der Waals surface area contributed by atoms with Gasteiger partial charge >= 0.3 is 0 Å². The van der Waals surface area contributed by atoms with Crippen LogP contribution >= 0.6 is 0 Å². The van der Waals surface area contributed by atoms with Crippen LogP contribution in [0.1, 0.15) is 27.0 Å². The summed E-state index contributed by atoms with van der Waals surface area (Å²) in [4.78, 5) is 23.4. The van der Waals surface area contributed by atoms with Gasteiger partial charge in [0.2, 0.25) is 0 Å². The van der Waals surface area contributed by atoms with Gasteiger partial charge in [0.05, 0.1) is 11.3 Å². The van der Waals surface area contributed by atoms with Gasteiger partial charge in [-0.05, 0) is 49.6 Å². The van der Waals surface area contributed by atoms with E-state index in [4.69, 9.17) is 10.5 Å². The molecule has 0 aliphatic heterocycles. The fourth-order valence-electron chi connectivity index (χ4n) is 2.28. The number of nitrogens with one attached hydrogen (secondary N) is 1. The van der Waals surface area contributed by atoms with Gasteiger partial charge in [0.1, 0.15) is 5.75 Å². The van der Waals surface area contributed by atoms with E-state index in [0.29, 0.717) is 11.4 Å². The van der Waals surface area contributed by atoms with E-state index in [2.05, 4.69) is 5.32 Å². The van der Waals surface area contributed by atoms with Crippen LogP contribution in [0.2, 0.25) is 0 Å². The number of benzene rings is 2. The van der Waals surface area contributed by atoms with Gasteiger partial charge in [0.15, 0.2) is 6.61 Å². The Morgan fingerprint density at radius 1 is 1.04 bits per heavy atom. The van der Waals surface area contributed by atoms with Crippen LogP contribution in [0.5, 0.6) is 5.75 Å². The number of rotatable bonds is 5. The van der Waals surface area contributed by atoms with Crippen molar-refractivity contribution in [3.63, 3.8) is 0 Å². The first-order chi connectivity index (χ1) is 10.9. The smallest absolute Gasteiger partial charge is 0.262 e. The molecule has 3 N–H and O–H groups in total. The summed E-state index contributed by atoms with van der Waals surface area (Å²) in [5, 5.41) is 2.65. The monoisotopic (exact) mass is 312 g/mol. The van der Waals surface area contributed by atoms with Crippen molar-refractivity contribution in [3.05, 3.63) is 58.7 Å². The molecule has 2 aromatic rings. The zero-order chi connectivity index (χ0) is 17.0. The molecule has 2 aromatic carbocycles. The first-order valence-corrected chi connectivity index (χ1v) is 7.28.